The van der Waals surface area contributed by atoms with Crippen LogP contribution in [0.2, 0.25) is 0 Å². The Kier molecular flexibility index (Phi) is 5.70. The van der Waals surface area contributed by atoms with Gasteiger partial charge in [-0.2, -0.15) is 5.10 Å². The summed E-state index contributed by atoms with van der Waals surface area (Å²) in [4.78, 5) is 12.6. The molecule has 0 fully saturated rings. The Morgan fingerprint density at radius 3 is 2.80 bits per heavy atom. The van der Waals surface area contributed by atoms with Crippen molar-refractivity contribution in [3.63, 3.8) is 0 Å². The summed E-state index contributed by atoms with van der Waals surface area (Å²) in [6, 6.07) is 11.8. The maximum Gasteiger partial charge on any atom is 0.245 e. The zero-order valence-electron chi connectivity index (χ0n) is 10.6. The maximum absolute atomic E-state index is 11.5. The van der Waals surface area contributed by atoms with Crippen LogP contribution >= 0.6 is 27.3 Å². The summed E-state index contributed by atoms with van der Waals surface area (Å²) >= 11 is 4.94. The number of hydrazone groups is 1. The second kappa shape index (κ2) is 7.77. The van der Waals surface area contributed by atoms with Gasteiger partial charge in [-0.05, 0) is 35.2 Å². The van der Waals surface area contributed by atoms with Crippen LogP contribution in [0, 0.1) is 0 Å². The molecule has 0 atom stereocenters. The lowest BCUT2D eigenvalue weighted by atomic mass is 10.2. The molecule has 0 saturated heterocycles. The van der Waals surface area contributed by atoms with Crippen molar-refractivity contribution in [3.8, 4) is 0 Å². The molecule has 3 nitrogen and oxygen atoms in total. The minimum atomic E-state index is -0.110. The van der Waals surface area contributed by atoms with Crippen molar-refractivity contribution in [3.05, 3.63) is 62.8 Å². The molecular weight excluding hydrogens is 336 g/mol. The fourth-order valence-corrected chi connectivity index (χ4v) is 2.46. The maximum atomic E-state index is 11.5. The largest absolute Gasteiger partial charge is 0.273 e. The van der Waals surface area contributed by atoms with E-state index in [0.717, 1.165) is 14.9 Å². The number of amides is 1. The molecule has 1 heterocycles. The van der Waals surface area contributed by atoms with Crippen LogP contribution in [-0.2, 0) is 11.2 Å². The van der Waals surface area contributed by atoms with E-state index in [2.05, 4.69) is 26.5 Å². The van der Waals surface area contributed by atoms with Crippen molar-refractivity contribution in [2.45, 2.75) is 6.42 Å². The topological polar surface area (TPSA) is 41.5 Å². The van der Waals surface area contributed by atoms with Gasteiger partial charge in [0.15, 0.2) is 0 Å². The zero-order chi connectivity index (χ0) is 14.2. The molecule has 0 unspecified atom stereocenters. The number of nitrogens with one attached hydrogen (secondary N) is 1. The van der Waals surface area contributed by atoms with Gasteiger partial charge in [0.2, 0.25) is 5.91 Å². The van der Waals surface area contributed by atoms with E-state index < -0.39 is 0 Å². The van der Waals surface area contributed by atoms with Gasteiger partial charge in [0, 0.05) is 15.6 Å². The number of allylic oxidation sites excluding steroid dienone is 1. The van der Waals surface area contributed by atoms with E-state index in [1.807, 2.05) is 47.9 Å². The molecule has 0 aliphatic carbocycles. The summed E-state index contributed by atoms with van der Waals surface area (Å²) < 4.78 is 1.05. The molecular formula is C15H13BrN2OS. The molecule has 20 heavy (non-hydrogen) atoms. The number of hydrogen-bond acceptors (Lipinski definition) is 3. The fourth-order valence-electron chi connectivity index (χ4n) is 1.49. The molecule has 0 aliphatic heterocycles. The van der Waals surface area contributed by atoms with Crippen LogP contribution < -0.4 is 5.43 Å². The molecule has 1 N–H and O–H groups in total. The van der Waals surface area contributed by atoms with Crippen LogP contribution in [-0.4, -0.2) is 12.1 Å². The summed E-state index contributed by atoms with van der Waals surface area (Å²) in [7, 11) is 0. The lowest BCUT2D eigenvalue weighted by Gasteiger charge is -1.96. The highest BCUT2D eigenvalue weighted by Crippen LogP contribution is 2.11. The van der Waals surface area contributed by atoms with E-state index in [1.54, 1.807) is 23.6 Å². The van der Waals surface area contributed by atoms with Crippen molar-refractivity contribution < 1.29 is 4.79 Å². The Bertz CT molecular complexity index is 603. The highest BCUT2D eigenvalue weighted by Gasteiger charge is 2.01. The van der Waals surface area contributed by atoms with Crippen molar-refractivity contribution in [2.24, 2.45) is 5.10 Å². The highest BCUT2D eigenvalue weighted by atomic mass is 79.9. The monoisotopic (exact) mass is 348 g/mol. The van der Waals surface area contributed by atoms with Crippen molar-refractivity contribution in [1.82, 2.24) is 5.43 Å². The molecule has 2 aromatic rings. The minimum absolute atomic E-state index is 0.110. The van der Waals surface area contributed by atoms with Crippen molar-refractivity contribution in [2.75, 3.05) is 0 Å². The number of benzene rings is 1. The summed E-state index contributed by atoms with van der Waals surface area (Å²) in [5.74, 6) is -0.110. The van der Waals surface area contributed by atoms with Gasteiger partial charge in [0.05, 0.1) is 6.42 Å². The Balaban J connectivity index is 1.76. The zero-order valence-corrected chi connectivity index (χ0v) is 13.0. The van der Waals surface area contributed by atoms with Crippen molar-refractivity contribution in [1.29, 1.82) is 0 Å². The highest BCUT2D eigenvalue weighted by molar-refractivity contribution is 9.10. The molecule has 0 spiro atoms. The molecule has 1 amide bonds. The van der Waals surface area contributed by atoms with Gasteiger partial charge in [-0.25, -0.2) is 5.43 Å². The number of carbonyl (C=O) groups is 1. The quantitative estimate of drug-likeness (QED) is 0.646. The molecule has 0 saturated carbocycles. The standard InChI is InChI=1S/C15H13BrN2OS/c16-13-7-5-12(6-8-13)3-1-9-17-18-15(19)11-14-4-2-10-20-14/h1-10H,11H2,(H,18,19)/b3-1+,17-9-. The van der Waals surface area contributed by atoms with Crippen LogP contribution in [0.5, 0.6) is 0 Å². The lowest BCUT2D eigenvalue weighted by molar-refractivity contribution is -0.120. The number of thiophene rings is 1. The van der Waals surface area contributed by atoms with E-state index in [4.69, 9.17) is 0 Å². The first-order chi connectivity index (χ1) is 9.74. The third-order valence-corrected chi connectivity index (χ3v) is 3.83. The molecule has 0 aliphatic rings. The van der Waals surface area contributed by atoms with Gasteiger partial charge in [0.25, 0.3) is 0 Å². The van der Waals surface area contributed by atoms with Crippen LogP contribution in [0.1, 0.15) is 10.4 Å². The van der Waals surface area contributed by atoms with Crippen LogP contribution in [0.4, 0.5) is 0 Å². The van der Waals surface area contributed by atoms with Gasteiger partial charge in [0.1, 0.15) is 0 Å². The number of hydrogen-bond donors (Lipinski definition) is 1. The first-order valence-corrected chi connectivity index (χ1v) is 7.68. The van der Waals surface area contributed by atoms with Crippen LogP contribution in [0.25, 0.3) is 6.08 Å². The number of rotatable bonds is 5. The Morgan fingerprint density at radius 2 is 2.10 bits per heavy atom. The molecule has 1 aromatic heterocycles. The Labute approximate surface area is 130 Å². The van der Waals surface area contributed by atoms with Crippen molar-refractivity contribution >= 4 is 45.5 Å². The summed E-state index contributed by atoms with van der Waals surface area (Å²) in [5, 5.41) is 5.82. The smallest absolute Gasteiger partial charge is 0.245 e. The molecule has 0 radical (unpaired) electrons. The first-order valence-electron chi connectivity index (χ1n) is 6.00. The SMILES string of the molecule is O=C(Cc1cccs1)N/N=C\C=C\c1ccc(Br)cc1. The average molecular weight is 349 g/mol. The molecule has 2 rings (SSSR count). The van der Waals surface area contributed by atoms with Crippen LogP contribution in [0.3, 0.4) is 0 Å². The predicted molar refractivity (Wildman–Crippen MR) is 87.8 cm³/mol. The molecule has 5 heteroatoms. The summed E-state index contributed by atoms with van der Waals surface area (Å²) in [5.41, 5.74) is 3.57. The molecule has 102 valence electrons. The van der Waals surface area contributed by atoms with Gasteiger partial charge >= 0.3 is 0 Å². The van der Waals surface area contributed by atoms with Crippen LogP contribution in [0.15, 0.2) is 57.4 Å². The summed E-state index contributed by atoms with van der Waals surface area (Å²) in [6.45, 7) is 0. The fraction of sp³-hybridized carbons (Fsp3) is 0.0667. The van der Waals surface area contributed by atoms with E-state index >= 15 is 0 Å². The third-order valence-electron chi connectivity index (χ3n) is 2.42. The summed E-state index contributed by atoms with van der Waals surface area (Å²) in [6.07, 6.45) is 5.63. The van der Waals surface area contributed by atoms with Gasteiger partial charge < -0.3 is 0 Å². The Morgan fingerprint density at radius 1 is 1.30 bits per heavy atom. The second-order valence-electron chi connectivity index (χ2n) is 3.98. The third kappa shape index (κ3) is 5.11. The first kappa shape index (κ1) is 14.7. The van der Waals surface area contributed by atoms with E-state index in [9.17, 15) is 4.79 Å². The van der Waals surface area contributed by atoms with E-state index in [0.29, 0.717) is 6.42 Å². The lowest BCUT2D eigenvalue weighted by Crippen LogP contribution is -2.18. The van der Waals surface area contributed by atoms with Gasteiger partial charge in [-0.1, -0.05) is 40.2 Å². The van der Waals surface area contributed by atoms with Gasteiger partial charge in [-0.15, -0.1) is 11.3 Å². The normalized spacial score (nSPS) is 11.2. The van der Waals surface area contributed by atoms with E-state index in [1.165, 1.54) is 0 Å². The molecule has 0 bridgehead atoms. The predicted octanol–water partition coefficient (Wildman–Crippen LogP) is 3.87. The second-order valence-corrected chi connectivity index (χ2v) is 5.93. The Hall–Kier alpha value is -1.72. The number of nitrogens with zero attached hydrogens (tertiary/aromatic N) is 1. The van der Waals surface area contributed by atoms with E-state index in [-0.39, 0.29) is 5.91 Å². The number of carbonyl (C=O) groups excluding carboxylic acids is 1. The number of halogens is 1. The molecule has 1 aromatic carbocycles. The average Bonchev–Trinajstić information content (AvgIpc) is 2.93. The van der Waals surface area contributed by atoms with Gasteiger partial charge in [-0.3, -0.25) is 4.79 Å². The minimum Gasteiger partial charge on any atom is -0.273 e.